The summed E-state index contributed by atoms with van der Waals surface area (Å²) in [6.45, 7) is 2.28. The third-order valence-corrected chi connectivity index (χ3v) is 3.90. The first-order valence-electron chi connectivity index (χ1n) is 5.77. The van der Waals surface area contributed by atoms with Crippen molar-refractivity contribution in [2.24, 2.45) is 17.7 Å². The molecule has 1 fully saturated rings. The molecule has 0 radical (unpaired) electrons. The molecule has 3 N–H and O–H groups in total. The summed E-state index contributed by atoms with van der Waals surface area (Å²) in [5.41, 5.74) is 4.03. The SMILES string of the molecule is CC(C1CC1)C(Cc1ccc(Br)cn1)NN. The van der Waals surface area contributed by atoms with Gasteiger partial charge >= 0.3 is 0 Å². The Morgan fingerprint density at radius 3 is 2.81 bits per heavy atom. The van der Waals surface area contributed by atoms with E-state index in [0.717, 1.165) is 22.5 Å². The Morgan fingerprint density at radius 1 is 1.56 bits per heavy atom. The van der Waals surface area contributed by atoms with Crippen molar-refractivity contribution in [1.82, 2.24) is 10.4 Å². The van der Waals surface area contributed by atoms with E-state index in [1.807, 2.05) is 18.3 Å². The van der Waals surface area contributed by atoms with Gasteiger partial charge in [-0.1, -0.05) is 6.92 Å². The van der Waals surface area contributed by atoms with E-state index in [9.17, 15) is 0 Å². The minimum absolute atomic E-state index is 0.334. The van der Waals surface area contributed by atoms with Crippen LogP contribution in [0.3, 0.4) is 0 Å². The van der Waals surface area contributed by atoms with E-state index in [1.54, 1.807) is 0 Å². The third kappa shape index (κ3) is 3.03. The summed E-state index contributed by atoms with van der Waals surface area (Å²) in [6, 6.07) is 4.41. The van der Waals surface area contributed by atoms with E-state index >= 15 is 0 Å². The molecule has 0 amide bonds. The minimum Gasteiger partial charge on any atom is -0.271 e. The van der Waals surface area contributed by atoms with Gasteiger partial charge in [-0.15, -0.1) is 0 Å². The van der Waals surface area contributed by atoms with Crippen molar-refractivity contribution in [3.8, 4) is 0 Å². The zero-order valence-electron chi connectivity index (χ0n) is 9.49. The average Bonchev–Trinajstić information content (AvgIpc) is 3.11. The maximum absolute atomic E-state index is 5.63. The molecule has 1 aliphatic carbocycles. The van der Waals surface area contributed by atoms with Gasteiger partial charge in [-0.25, -0.2) is 0 Å². The smallest absolute Gasteiger partial charge is 0.0420 e. The van der Waals surface area contributed by atoms with E-state index in [-0.39, 0.29) is 0 Å². The van der Waals surface area contributed by atoms with Crippen LogP contribution < -0.4 is 11.3 Å². The van der Waals surface area contributed by atoms with E-state index in [4.69, 9.17) is 5.84 Å². The van der Waals surface area contributed by atoms with Crippen molar-refractivity contribution < 1.29 is 0 Å². The summed E-state index contributed by atoms with van der Waals surface area (Å²) >= 11 is 3.39. The molecule has 88 valence electrons. The normalized spacial score (nSPS) is 19.4. The van der Waals surface area contributed by atoms with Crippen LogP contribution in [-0.4, -0.2) is 11.0 Å². The Morgan fingerprint density at radius 2 is 2.31 bits per heavy atom. The molecule has 0 bridgehead atoms. The molecule has 1 heterocycles. The Hall–Kier alpha value is -0.450. The second-order valence-electron chi connectivity index (χ2n) is 4.64. The highest BCUT2D eigenvalue weighted by Gasteiger charge is 2.32. The summed E-state index contributed by atoms with van der Waals surface area (Å²) < 4.78 is 1.02. The summed E-state index contributed by atoms with van der Waals surface area (Å²) in [7, 11) is 0. The number of halogens is 1. The number of rotatable bonds is 5. The van der Waals surface area contributed by atoms with Crippen LogP contribution in [0.2, 0.25) is 0 Å². The highest BCUT2D eigenvalue weighted by Crippen LogP contribution is 2.38. The molecule has 1 saturated carbocycles. The van der Waals surface area contributed by atoms with Gasteiger partial charge in [0, 0.05) is 28.8 Å². The quantitative estimate of drug-likeness (QED) is 0.644. The van der Waals surface area contributed by atoms with Crippen LogP contribution in [0.15, 0.2) is 22.8 Å². The monoisotopic (exact) mass is 283 g/mol. The molecular weight excluding hydrogens is 266 g/mol. The highest BCUT2D eigenvalue weighted by molar-refractivity contribution is 9.10. The molecule has 4 heteroatoms. The lowest BCUT2D eigenvalue weighted by molar-refractivity contribution is 0.341. The van der Waals surface area contributed by atoms with Crippen molar-refractivity contribution >= 4 is 15.9 Å². The van der Waals surface area contributed by atoms with Gasteiger partial charge in [0.05, 0.1) is 0 Å². The van der Waals surface area contributed by atoms with Crippen LogP contribution in [0.1, 0.15) is 25.5 Å². The van der Waals surface area contributed by atoms with Gasteiger partial charge in [-0.05, 0) is 52.7 Å². The van der Waals surface area contributed by atoms with E-state index in [0.29, 0.717) is 12.0 Å². The van der Waals surface area contributed by atoms with E-state index < -0.39 is 0 Å². The molecule has 2 atom stereocenters. The fourth-order valence-corrected chi connectivity index (χ4v) is 2.33. The average molecular weight is 284 g/mol. The standard InChI is InChI=1S/C12H18BrN3/c1-8(9-2-3-9)12(16-14)6-11-5-4-10(13)7-15-11/h4-5,7-9,12,16H,2-3,6,14H2,1H3. The first-order chi connectivity index (χ1) is 7.70. The summed E-state index contributed by atoms with van der Waals surface area (Å²) in [5.74, 6) is 7.12. The number of hydrogen-bond acceptors (Lipinski definition) is 3. The summed E-state index contributed by atoms with van der Waals surface area (Å²) in [5, 5.41) is 0. The maximum Gasteiger partial charge on any atom is 0.0420 e. The van der Waals surface area contributed by atoms with Gasteiger partial charge in [0.15, 0.2) is 0 Å². The fourth-order valence-electron chi connectivity index (χ4n) is 2.10. The van der Waals surface area contributed by atoms with Crippen molar-refractivity contribution in [3.63, 3.8) is 0 Å². The minimum atomic E-state index is 0.334. The molecule has 0 spiro atoms. The molecule has 1 aromatic rings. The maximum atomic E-state index is 5.63. The van der Waals surface area contributed by atoms with Gasteiger partial charge in [0.2, 0.25) is 0 Å². The zero-order chi connectivity index (χ0) is 11.5. The van der Waals surface area contributed by atoms with Gasteiger partial charge < -0.3 is 0 Å². The molecule has 0 aliphatic heterocycles. The third-order valence-electron chi connectivity index (χ3n) is 3.43. The second-order valence-corrected chi connectivity index (χ2v) is 5.56. The number of aromatic nitrogens is 1. The molecule has 2 rings (SSSR count). The molecule has 1 aliphatic rings. The Labute approximate surface area is 105 Å². The lowest BCUT2D eigenvalue weighted by Crippen LogP contribution is -2.42. The van der Waals surface area contributed by atoms with Crippen LogP contribution >= 0.6 is 15.9 Å². The predicted octanol–water partition coefficient (Wildman–Crippen LogP) is 2.26. The van der Waals surface area contributed by atoms with Crippen molar-refractivity contribution in [3.05, 3.63) is 28.5 Å². The van der Waals surface area contributed by atoms with E-state index in [1.165, 1.54) is 12.8 Å². The lowest BCUT2D eigenvalue weighted by Gasteiger charge is -2.22. The van der Waals surface area contributed by atoms with Crippen molar-refractivity contribution in [2.45, 2.75) is 32.2 Å². The number of hydrazine groups is 1. The molecule has 1 aromatic heterocycles. The topological polar surface area (TPSA) is 50.9 Å². The van der Waals surface area contributed by atoms with E-state index in [2.05, 4.69) is 33.3 Å². The van der Waals surface area contributed by atoms with Crippen molar-refractivity contribution in [1.29, 1.82) is 0 Å². The summed E-state index contributed by atoms with van der Waals surface area (Å²) in [4.78, 5) is 4.39. The molecular formula is C12H18BrN3. The first-order valence-corrected chi connectivity index (χ1v) is 6.56. The van der Waals surface area contributed by atoms with Crippen LogP contribution in [0.5, 0.6) is 0 Å². The van der Waals surface area contributed by atoms with Crippen molar-refractivity contribution in [2.75, 3.05) is 0 Å². The van der Waals surface area contributed by atoms with Gasteiger partial charge in [-0.2, -0.15) is 0 Å². The molecule has 0 aromatic carbocycles. The number of pyridine rings is 1. The fraction of sp³-hybridized carbons (Fsp3) is 0.583. The first kappa shape index (κ1) is 12.0. The van der Waals surface area contributed by atoms with Gasteiger partial charge in [-0.3, -0.25) is 16.3 Å². The molecule has 0 saturated heterocycles. The number of nitrogens with one attached hydrogen (secondary N) is 1. The van der Waals surface area contributed by atoms with Gasteiger partial charge in [0.1, 0.15) is 0 Å². The Balaban J connectivity index is 1.97. The predicted molar refractivity (Wildman–Crippen MR) is 68.6 cm³/mol. The van der Waals surface area contributed by atoms with Crippen LogP contribution in [0.25, 0.3) is 0 Å². The zero-order valence-corrected chi connectivity index (χ0v) is 11.1. The molecule has 3 nitrogen and oxygen atoms in total. The summed E-state index contributed by atoms with van der Waals surface area (Å²) in [6.07, 6.45) is 5.45. The number of hydrogen-bond donors (Lipinski definition) is 2. The molecule has 16 heavy (non-hydrogen) atoms. The molecule has 2 unspecified atom stereocenters. The lowest BCUT2D eigenvalue weighted by atomic mass is 9.93. The highest BCUT2D eigenvalue weighted by atomic mass is 79.9. The van der Waals surface area contributed by atoms with Crippen LogP contribution in [0.4, 0.5) is 0 Å². The van der Waals surface area contributed by atoms with Crippen LogP contribution in [-0.2, 0) is 6.42 Å². The van der Waals surface area contributed by atoms with Gasteiger partial charge in [0.25, 0.3) is 0 Å². The Bertz CT molecular complexity index is 335. The second kappa shape index (κ2) is 5.25. The number of nitrogens with zero attached hydrogens (tertiary/aromatic N) is 1. The Kier molecular flexibility index (Phi) is 3.95. The largest absolute Gasteiger partial charge is 0.271 e. The van der Waals surface area contributed by atoms with Crippen LogP contribution in [0, 0.1) is 11.8 Å². The number of nitrogens with two attached hydrogens (primary N) is 1.